The van der Waals surface area contributed by atoms with Crippen LogP contribution in [0.25, 0.3) is 11.0 Å². The minimum Gasteiger partial charge on any atom is -0.338 e. The van der Waals surface area contributed by atoms with Crippen LogP contribution in [0.15, 0.2) is 28.3 Å². The van der Waals surface area contributed by atoms with Gasteiger partial charge in [-0.25, -0.2) is 18.2 Å². The number of imidazole rings is 1. The van der Waals surface area contributed by atoms with Crippen molar-refractivity contribution in [3.05, 3.63) is 18.2 Å². The Balaban J connectivity index is 1.73. The van der Waals surface area contributed by atoms with Crippen molar-refractivity contribution in [1.29, 1.82) is 0 Å². The van der Waals surface area contributed by atoms with E-state index in [2.05, 4.69) is 15.6 Å². The summed E-state index contributed by atoms with van der Waals surface area (Å²) in [4.78, 5) is 28.7. The molecule has 0 atom stereocenters. The molecule has 2 N–H and O–H groups in total. The molecule has 0 aliphatic carbocycles. The normalized spacial score (nSPS) is 15.2. The van der Waals surface area contributed by atoms with E-state index in [-0.39, 0.29) is 10.6 Å². The molecule has 3 rings (SSSR count). The van der Waals surface area contributed by atoms with E-state index in [1.54, 1.807) is 22.5 Å². The number of carbonyl (C=O) groups excluding carboxylic acids is 2. The largest absolute Gasteiger partial charge is 0.338 e. The zero-order valence-electron chi connectivity index (χ0n) is 18.8. The van der Waals surface area contributed by atoms with Crippen LogP contribution in [-0.2, 0) is 21.4 Å². The van der Waals surface area contributed by atoms with Gasteiger partial charge in [-0.3, -0.25) is 10.1 Å². The average molecular weight is 482 g/mol. The van der Waals surface area contributed by atoms with Gasteiger partial charge >= 0.3 is 6.03 Å². The Bertz CT molecular complexity index is 1080. The van der Waals surface area contributed by atoms with Gasteiger partial charge in [0, 0.05) is 26.2 Å². The van der Waals surface area contributed by atoms with Crippen molar-refractivity contribution in [2.24, 2.45) is 5.92 Å². The van der Waals surface area contributed by atoms with Crippen molar-refractivity contribution in [2.45, 2.75) is 56.6 Å². The van der Waals surface area contributed by atoms with Crippen LogP contribution in [0.1, 0.15) is 40.0 Å². The summed E-state index contributed by atoms with van der Waals surface area (Å²) in [5.41, 5.74) is 1.38. The molecule has 1 aliphatic heterocycles. The number of aromatic nitrogens is 2. The Hall–Kier alpha value is -2.11. The number of aryl methyl sites for hydroxylation is 1. The highest BCUT2D eigenvalue weighted by atomic mass is 32.2. The maximum atomic E-state index is 13.0. The minimum absolute atomic E-state index is 0.0252. The fourth-order valence-corrected chi connectivity index (χ4v) is 5.97. The third-order valence-corrected chi connectivity index (χ3v) is 8.08. The summed E-state index contributed by atoms with van der Waals surface area (Å²) in [6.07, 6.45) is 2.81. The predicted octanol–water partition coefficient (Wildman–Crippen LogP) is 2.80. The molecule has 0 saturated carbocycles. The molecule has 1 aliphatic rings. The summed E-state index contributed by atoms with van der Waals surface area (Å²) in [6.45, 7) is 8.10. The Morgan fingerprint density at radius 3 is 2.56 bits per heavy atom. The number of nitrogens with zero attached hydrogens (tertiary/aromatic N) is 3. The van der Waals surface area contributed by atoms with E-state index in [1.807, 2.05) is 25.3 Å². The van der Waals surface area contributed by atoms with E-state index in [9.17, 15) is 18.0 Å². The molecule has 32 heavy (non-hydrogen) atoms. The van der Waals surface area contributed by atoms with Gasteiger partial charge in [0.05, 0.1) is 21.7 Å². The van der Waals surface area contributed by atoms with E-state index >= 15 is 0 Å². The number of fused-ring (bicyclic) bond motifs is 1. The van der Waals surface area contributed by atoms with E-state index in [4.69, 9.17) is 0 Å². The van der Waals surface area contributed by atoms with Gasteiger partial charge in [0.2, 0.25) is 15.9 Å². The first-order valence-electron chi connectivity index (χ1n) is 10.9. The number of thioether (sulfide) groups is 1. The Morgan fingerprint density at radius 2 is 1.91 bits per heavy atom. The number of rotatable bonds is 8. The van der Waals surface area contributed by atoms with Crippen LogP contribution in [0.3, 0.4) is 0 Å². The highest BCUT2D eigenvalue weighted by molar-refractivity contribution is 7.99. The number of sulfonamides is 1. The number of carbonyl (C=O) groups is 2. The lowest BCUT2D eigenvalue weighted by Crippen LogP contribution is -2.41. The zero-order valence-corrected chi connectivity index (χ0v) is 20.4. The molecule has 11 heteroatoms. The Kier molecular flexibility index (Phi) is 8.18. The summed E-state index contributed by atoms with van der Waals surface area (Å²) >= 11 is 1.21. The van der Waals surface area contributed by atoms with Crippen LogP contribution in [0.4, 0.5) is 4.79 Å². The van der Waals surface area contributed by atoms with Gasteiger partial charge in [-0.2, -0.15) is 4.31 Å². The summed E-state index contributed by atoms with van der Waals surface area (Å²) in [6, 6.07) is 4.49. The third-order valence-electron chi connectivity index (χ3n) is 5.21. The second kappa shape index (κ2) is 10.7. The number of hydrogen-bond donors (Lipinski definition) is 2. The second-order valence-corrected chi connectivity index (χ2v) is 11.1. The Labute approximate surface area is 193 Å². The molecule has 0 unspecified atom stereocenters. The fourth-order valence-electron chi connectivity index (χ4n) is 3.55. The molecule has 0 radical (unpaired) electrons. The molecular weight excluding hydrogens is 450 g/mol. The summed E-state index contributed by atoms with van der Waals surface area (Å²) in [5, 5.41) is 5.56. The van der Waals surface area contributed by atoms with E-state index in [0.717, 1.165) is 24.8 Å². The van der Waals surface area contributed by atoms with Crippen LogP contribution in [0.5, 0.6) is 0 Å². The van der Waals surface area contributed by atoms with Crippen LogP contribution in [0, 0.1) is 5.92 Å². The molecule has 2 heterocycles. The van der Waals surface area contributed by atoms with Gasteiger partial charge in [0.15, 0.2) is 5.16 Å². The number of hydrogen-bond acceptors (Lipinski definition) is 6. The number of piperidine rings is 1. The molecule has 176 valence electrons. The number of benzene rings is 1. The molecule has 3 amide bonds. The maximum Gasteiger partial charge on any atom is 0.321 e. The first-order valence-corrected chi connectivity index (χ1v) is 13.4. The topological polar surface area (TPSA) is 113 Å². The number of amides is 3. The lowest BCUT2D eigenvalue weighted by Gasteiger charge is -2.25. The summed E-state index contributed by atoms with van der Waals surface area (Å²) < 4.78 is 29.5. The van der Waals surface area contributed by atoms with Gasteiger partial charge in [0.25, 0.3) is 0 Å². The van der Waals surface area contributed by atoms with E-state index in [1.165, 1.54) is 11.8 Å². The number of nitrogens with one attached hydrogen (secondary N) is 2. The smallest absolute Gasteiger partial charge is 0.321 e. The molecule has 0 spiro atoms. The van der Waals surface area contributed by atoms with Crippen LogP contribution in [0.2, 0.25) is 0 Å². The second-order valence-electron chi connectivity index (χ2n) is 8.19. The lowest BCUT2D eigenvalue weighted by atomic mass is 10.2. The molecule has 9 nitrogen and oxygen atoms in total. The van der Waals surface area contributed by atoms with Gasteiger partial charge in [-0.05, 0) is 43.9 Å². The minimum atomic E-state index is -3.55. The third kappa shape index (κ3) is 5.81. The molecule has 1 aromatic heterocycles. The van der Waals surface area contributed by atoms with E-state index < -0.39 is 22.0 Å². The maximum absolute atomic E-state index is 13.0. The van der Waals surface area contributed by atoms with Crippen molar-refractivity contribution in [3.8, 4) is 0 Å². The van der Waals surface area contributed by atoms with Crippen molar-refractivity contribution in [3.63, 3.8) is 0 Å². The highest BCUT2D eigenvalue weighted by Crippen LogP contribution is 2.28. The molecule has 1 saturated heterocycles. The van der Waals surface area contributed by atoms with E-state index in [0.29, 0.717) is 42.8 Å². The molecule has 1 fully saturated rings. The molecular formula is C21H31N5O4S2. The highest BCUT2D eigenvalue weighted by Gasteiger charge is 2.26. The van der Waals surface area contributed by atoms with Crippen LogP contribution < -0.4 is 10.6 Å². The van der Waals surface area contributed by atoms with Crippen LogP contribution >= 0.6 is 11.8 Å². The predicted molar refractivity (Wildman–Crippen MR) is 125 cm³/mol. The van der Waals surface area contributed by atoms with Gasteiger partial charge in [0.1, 0.15) is 0 Å². The van der Waals surface area contributed by atoms with Gasteiger partial charge in [-0.1, -0.05) is 32.0 Å². The lowest BCUT2D eigenvalue weighted by molar-refractivity contribution is -0.117. The van der Waals surface area contributed by atoms with Gasteiger partial charge in [-0.15, -0.1) is 0 Å². The number of imide groups is 1. The van der Waals surface area contributed by atoms with Crippen molar-refractivity contribution in [1.82, 2.24) is 24.5 Å². The first kappa shape index (κ1) is 24.5. The molecule has 0 bridgehead atoms. The van der Waals surface area contributed by atoms with Crippen molar-refractivity contribution in [2.75, 3.05) is 25.4 Å². The zero-order chi connectivity index (χ0) is 23.3. The van der Waals surface area contributed by atoms with Crippen molar-refractivity contribution < 1.29 is 18.0 Å². The molecule has 2 aromatic rings. The fraction of sp³-hybridized carbons (Fsp3) is 0.571. The van der Waals surface area contributed by atoms with Gasteiger partial charge < -0.3 is 9.88 Å². The number of urea groups is 1. The summed E-state index contributed by atoms with van der Waals surface area (Å²) in [7, 11) is -3.55. The standard InChI is InChI=1S/C21H31N5O4S2/c1-4-26-18-9-8-16(32(29,30)25-10-6-5-7-11-25)12-17(18)23-21(26)31-14-19(27)24-20(28)22-13-15(2)3/h8-9,12,15H,4-7,10-11,13-14H2,1-3H3,(H2,22,24,27,28). The average Bonchev–Trinajstić information content (AvgIpc) is 3.13. The van der Waals surface area contributed by atoms with Crippen molar-refractivity contribution >= 4 is 44.8 Å². The summed E-state index contributed by atoms with van der Waals surface area (Å²) in [5.74, 6) is -0.102. The monoisotopic (exact) mass is 481 g/mol. The Morgan fingerprint density at radius 1 is 1.19 bits per heavy atom. The SMILES string of the molecule is CCn1c(SCC(=O)NC(=O)NCC(C)C)nc2cc(S(=O)(=O)N3CCCCC3)ccc21. The molecule has 1 aromatic carbocycles. The first-order chi connectivity index (χ1) is 15.2. The quantitative estimate of drug-likeness (QED) is 0.561. The van der Waals surface area contributed by atoms with Crippen LogP contribution in [-0.4, -0.2) is 59.6 Å².